The number of hydrogen-bond acceptors (Lipinski definition) is 0. The maximum atomic E-state index is 12.7. The Morgan fingerprint density at radius 1 is 1.44 bits per heavy atom. The first-order chi connectivity index (χ1) is 7.63. The van der Waals surface area contributed by atoms with Gasteiger partial charge in [-0.05, 0) is 57.4 Å². The summed E-state index contributed by atoms with van der Waals surface area (Å²) >= 11 is 0. The first kappa shape index (κ1) is 13.2. The zero-order chi connectivity index (χ0) is 12.0. The number of halogens is 1. The molecule has 0 N–H and O–H groups in total. The van der Waals surface area contributed by atoms with Crippen molar-refractivity contribution in [2.24, 2.45) is 5.92 Å². The minimum Gasteiger partial charge on any atom is -0.246 e. The molecule has 0 nitrogen and oxygen atoms in total. The molecule has 0 radical (unpaired) electrons. The summed E-state index contributed by atoms with van der Waals surface area (Å²) in [5.41, 5.74) is 3.62. The fourth-order valence-electron chi connectivity index (χ4n) is 2.10. The maximum absolute atomic E-state index is 12.7. The Bertz CT molecular complexity index is 297. The summed E-state index contributed by atoms with van der Waals surface area (Å²) in [5.74, 6) is 0.517. The van der Waals surface area contributed by atoms with E-state index in [-0.39, 0.29) is 6.67 Å². The molecule has 0 fully saturated rings. The van der Waals surface area contributed by atoms with Crippen molar-refractivity contribution >= 4 is 0 Å². The van der Waals surface area contributed by atoms with Gasteiger partial charge in [-0.15, -0.1) is 0 Å². The highest BCUT2D eigenvalue weighted by atomic mass is 19.1. The second-order valence-electron chi connectivity index (χ2n) is 4.90. The summed E-state index contributed by atoms with van der Waals surface area (Å²) in [5, 5.41) is 0. The van der Waals surface area contributed by atoms with Crippen molar-refractivity contribution < 1.29 is 4.39 Å². The summed E-state index contributed by atoms with van der Waals surface area (Å²) < 4.78 is 12.7. The van der Waals surface area contributed by atoms with Gasteiger partial charge in [-0.25, -0.2) is 4.39 Å². The maximum Gasteiger partial charge on any atom is 0.111 e. The van der Waals surface area contributed by atoms with Gasteiger partial charge < -0.3 is 0 Å². The van der Waals surface area contributed by atoms with E-state index in [4.69, 9.17) is 0 Å². The second-order valence-corrected chi connectivity index (χ2v) is 4.90. The Labute approximate surface area is 98.9 Å². The van der Waals surface area contributed by atoms with Gasteiger partial charge in [-0.2, -0.15) is 0 Å². The third-order valence-corrected chi connectivity index (χ3v) is 3.40. The van der Waals surface area contributed by atoms with Crippen LogP contribution < -0.4 is 0 Å². The molecule has 0 saturated carbocycles. The third-order valence-electron chi connectivity index (χ3n) is 3.40. The fourth-order valence-corrected chi connectivity index (χ4v) is 2.10. The van der Waals surface area contributed by atoms with Crippen LogP contribution in [0.3, 0.4) is 0 Å². The molecule has 90 valence electrons. The molecule has 0 amide bonds. The van der Waals surface area contributed by atoms with E-state index in [1.54, 1.807) is 0 Å². The second kappa shape index (κ2) is 6.67. The van der Waals surface area contributed by atoms with Gasteiger partial charge in [0.2, 0.25) is 0 Å². The topological polar surface area (TPSA) is 0 Å². The van der Waals surface area contributed by atoms with E-state index in [1.807, 2.05) is 0 Å². The summed E-state index contributed by atoms with van der Waals surface area (Å²) in [7, 11) is 0. The van der Waals surface area contributed by atoms with Crippen molar-refractivity contribution in [3.8, 4) is 0 Å². The standard InChI is InChI=1S/C15H23F/c1-12(2)15-9-7-13(3)5-4-6-14(11-16)8-10-15/h6-7,15H,1,4-5,8-11H2,2-3H3/b13-7+,14-6-. The van der Waals surface area contributed by atoms with E-state index < -0.39 is 0 Å². The van der Waals surface area contributed by atoms with Crippen LogP contribution in [0.2, 0.25) is 0 Å². The Morgan fingerprint density at radius 3 is 2.81 bits per heavy atom. The highest BCUT2D eigenvalue weighted by Crippen LogP contribution is 2.25. The molecule has 0 spiro atoms. The molecule has 0 aromatic heterocycles. The number of allylic oxidation sites excluding steroid dienone is 5. The molecule has 16 heavy (non-hydrogen) atoms. The molecular formula is C15H23F. The van der Waals surface area contributed by atoms with Crippen molar-refractivity contribution in [2.45, 2.75) is 46.0 Å². The van der Waals surface area contributed by atoms with E-state index in [2.05, 4.69) is 32.6 Å². The summed E-state index contributed by atoms with van der Waals surface area (Å²) in [6.45, 7) is 8.00. The van der Waals surface area contributed by atoms with Gasteiger partial charge in [0.15, 0.2) is 0 Å². The van der Waals surface area contributed by atoms with E-state index in [0.29, 0.717) is 5.92 Å². The monoisotopic (exact) mass is 222 g/mol. The van der Waals surface area contributed by atoms with Crippen LogP contribution in [0, 0.1) is 5.92 Å². The summed E-state index contributed by atoms with van der Waals surface area (Å²) in [6, 6.07) is 0. The van der Waals surface area contributed by atoms with Crippen LogP contribution >= 0.6 is 0 Å². The summed E-state index contributed by atoms with van der Waals surface area (Å²) in [4.78, 5) is 0. The Hall–Kier alpha value is -0.850. The largest absolute Gasteiger partial charge is 0.246 e. The van der Waals surface area contributed by atoms with Crippen molar-refractivity contribution in [1.29, 1.82) is 0 Å². The summed E-state index contributed by atoms with van der Waals surface area (Å²) in [6.07, 6.45) is 9.45. The van der Waals surface area contributed by atoms with Crippen molar-refractivity contribution in [3.05, 3.63) is 35.5 Å². The fraction of sp³-hybridized carbons (Fsp3) is 0.600. The van der Waals surface area contributed by atoms with Gasteiger partial charge >= 0.3 is 0 Å². The van der Waals surface area contributed by atoms with Gasteiger partial charge in [0.05, 0.1) is 0 Å². The molecule has 1 heteroatoms. The number of rotatable bonds is 2. The average Bonchev–Trinajstić information content (AvgIpc) is 2.26. The number of hydrogen-bond donors (Lipinski definition) is 0. The van der Waals surface area contributed by atoms with Gasteiger partial charge in [0.25, 0.3) is 0 Å². The normalized spacial score (nSPS) is 29.8. The first-order valence-electron chi connectivity index (χ1n) is 6.18. The molecular weight excluding hydrogens is 199 g/mol. The van der Waals surface area contributed by atoms with E-state index in [0.717, 1.165) is 37.7 Å². The molecule has 1 atom stereocenters. The molecule has 0 aromatic carbocycles. The highest BCUT2D eigenvalue weighted by Gasteiger charge is 2.10. The molecule has 0 bridgehead atoms. The lowest BCUT2D eigenvalue weighted by Crippen LogP contribution is -2.03. The van der Waals surface area contributed by atoms with Crippen LogP contribution in [0.5, 0.6) is 0 Å². The van der Waals surface area contributed by atoms with Gasteiger partial charge in [0, 0.05) is 0 Å². The average molecular weight is 222 g/mol. The van der Waals surface area contributed by atoms with Gasteiger partial charge in [-0.1, -0.05) is 29.9 Å². The van der Waals surface area contributed by atoms with Gasteiger partial charge in [0.1, 0.15) is 6.67 Å². The van der Waals surface area contributed by atoms with Crippen LogP contribution in [-0.2, 0) is 0 Å². The van der Waals surface area contributed by atoms with Crippen molar-refractivity contribution in [2.75, 3.05) is 6.67 Å². The first-order valence-corrected chi connectivity index (χ1v) is 6.18. The smallest absolute Gasteiger partial charge is 0.111 e. The highest BCUT2D eigenvalue weighted by molar-refractivity contribution is 5.11. The minimum atomic E-state index is -0.286. The van der Waals surface area contributed by atoms with Crippen LogP contribution in [0.1, 0.15) is 46.0 Å². The van der Waals surface area contributed by atoms with E-state index >= 15 is 0 Å². The van der Waals surface area contributed by atoms with Gasteiger partial charge in [-0.3, -0.25) is 0 Å². The molecule has 1 unspecified atom stereocenters. The molecule has 0 aliphatic heterocycles. The van der Waals surface area contributed by atoms with E-state index in [9.17, 15) is 4.39 Å². The predicted octanol–water partition coefficient (Wildman–Crippen LogP) is 4.99. The lowest BCUT2D eigenvalue weighted by Gasteiger charge is -2.17. The van der Waals surface area contributed by atoms with Crippen LogP contribution in [0.15, 0.2) is 35.5 Å². The molecule has 1 aliphatic carbocycles. The lowest BCUT2D eigenvalue weighted by atomic mass is 9.89. The Kier molecular flexibility index (Phi) is 5.51. The predicted molar refractivity (Wildman–Crippen MR) is 69.2 cm³/mol. The molecule has 0 saturated heterocycles. The van der Waals surface area contributed by atoms with Crippen LogP contribution in [-0.4, -0.2) is 6.67 Å². The quantitative estimate of drug-likeness (QED) is 0.578. The third kappa shape index (κ3) is 4.34. The van der Waals surface area contributed by atoms with Crippen molar-refractivity contribution in [3.63, 3.8) is 0 Å². The van der Waals surface area contributed by atoms with Crippen LogP contribution in [0.4, 0.5) is 4.39 Å². The van der Waals surface area contributed by atoms with Crippen LogP contribution in [0.25, 0.3) is 0 Å². The minimum absolute atomic E-state index is 0.286. The lowest BCUT2D eigenvalue weighted by molar-refractivity contribution is 0.500. The molecule has 0 aromatic rings. The SMILES string of the molecule is C=C(C)C1C/C=C(\C)CC/C=C(\CF)CC1. The molecule has 1 rings (SSSR count). The molecule has 0 heterocycles. The zero-order valence-electron chi connectivity index (χ0n) is 10.6. The molecule has 1 aliphatic rings. The van der Waals surface area contributed by atoms with Crippen molar-refractivity contribution in [1.82, 2.24) is 0 Å². The Morgan fingerprint density at radius 2 is 2.19 bits per heavy atom. The number of alkyl halides is 1. The Balaban J connectivity index is 2.73. The zero-order valence-corrected chi connectivity index (χ0v) is 10.6. The van der Waals surface area contributed by atoms with E-state index in [1.165, 1.54) is 11.1 Å².